The van der Waals surface area contributed by atoms with Crippen molar-refractivity contribution in [3.05, 3.63) is 30.2 Å². The van der Waals surface area contributed by atoms with Crippen LogP contribution in [-0.2, 0) is 11.2 Å². The maximum absolute atomic E-state index is 10.6. The van der Waals surface area contributed by atoms with Gasteiger partial charge < -0.3 is 10.8 Å². The molecule has 2 rings (SSSR count). The molecule has 0 aliphatic heterocycles. The molecule has 0 radical (unpaired) electrons. The average Bonchev–Trinajstić information content (AvgIpc) is 2.28. The highest BCUT2D eigenvalue weighted by atomic mass is 16.4. The smallest absolute Gasteiger partial charge is 0.320 e. The summed E-state index contributed by atoms with van der Waals surface area (Å²) in [6.45, 7) is 0. The minimum absolute atomic E-state index is 0.231. The Hall–Kier alpha value is -2.08. The third-order valence-corrected chi connectivity index (χ3v) is 2.15. The van der Waals surface area contributed by atoms with E-state index in [0.29, 0.717) is 11.2 Å². The van der Waals surface area contributed by atoms with Gasteiger partial charge in [-0.2, -0.15) is 0 Å². The third-order valence-electron chi connectivity index (χ3n) is 2.15. The summed E-state index contributed by atoms with van der Waals surface area (Å²) < 4.78 is 0. The lowest BCUT2D eigenvalue weighted by Crippen LogP contribution is -2.32. The van der Waals surface area contributed by atoms with Crippen LogP contribution < -0.4 is 5.73 Å². The molecule has 0 saturated heterocycles. The van der Waals surface area contributed by atoms with Crippen molar-refractivity contribution >= 4 is 17.1 Å². The first kappa shape index (κ1) is 10.4. The second kappa shape index (κ2) is 4.19. The van der Waals surface area contributed by atoms with Crippen molar-refractivity contribution in [1.82, 2.24) is 15.0 Å². The number of hydrogen-bond acceptors (Lipinski definition) is 5. The quantitative estimate of drug-likeness (QED) is 0.750. The van der Waals surface area contributed by atoms with Gasteiger partial charge in [0.15, 0.2) is 5.65 Å². The Balaban J connectivity index is 2.29. The van der Waals surface area contributed by atoms with Gasteiger partial charge in [0.2, 0.25) is 0 Å². The fourth-order valence-corrected chi connectivity index (χ4v) is 1.35. The van der Waals surface area contributed by atoms with Gasteiger partial charge in [0.05, 0.1) is 0 Å². The monoisotopic (exact) mass is 218 g/mol. The number of carbonyl (C=O) groups is 1. The van der Waals surface area contributed by atoms with Crippen LogP contribution in [0.25, 0.3) is 11.2 Å². The van der Waals surface area contributed by atoms with E-state index < -0.39 is 12.0 Å². The van der Waals surface area contributed by atoms with Crippen LogP contribution in [0.5, 0.6) is 0 Å². The number of rotatable bonds is 3. The molecule has 0 fully saturated rings. The largest absolute Gasteiger partial charge is 0.480 e. The van der Waals surface area contributed by atoms with Crippen molar-refractivity contribution in [2.24, 2.45) is 5.73 Å². The first-order valence-corrected chi connectivity index (χ1v) is 4.71. The standard InChI is InChI=1S/C10H10N4O2/c11-7(10(15)16)3-6-4-8-9(14-5-6)13-2-1-12-8/h1-2,4-5,7H,3,11H2,(H,15,16)/t7-/m0/s1. The van der Waals surface area contributed by atoms with Gasteiger partial charge in [-0.3, -0.25) is 9.78 Å². The second-order valence-electron chi connectivity index (χ2n) is 3.39. The van der Waals surface area contributed by atoms with Crippen LogP contribution in [0.3, 0.4) is 0 Å². The molecule has 0 unspecified atom stereocenters. The lowest BCUT2D eigenvalue weighted by molar-refractivity contribution is -0.138. The highest BCUT2D eigenvalue weighted by Gasteiger charge is 2.12. The van der Waals surface area contributed by atoms with E-state index in [2.05, 4.69) is 15.0 Å². The second-order valence-corrected chi connectivity index (χ2v) is 3.39. The van der Waals surface area contributed by atoms with Crippen molar-refractivity contribution in [2.45, 2.75) is 12.5 Å². The highest BCUT2D eigenvalue weighted by Crippen LogP contribution is 2.09. The zero-order chi connectivity index (χ0) is 11.5. The predicted octanol–water partition coefficient (Wildman–Crippen LogP) is -0.0208. The number of nitrogens with zero attached hydrogens (tertiary/aromatic N) is 3. The van der Waals surface area contributed by atoms with Gasteiger partial charge in [-0.25, -0.2) is 9.97 Å². The number of pyridine rings is 1. The molecule has 0 bridgehead atoms. The summed E-state index contributed by atoms with van der Waals surface area (Å²) in [5, 5.41) is 8.68. The molecular weight excluding hydrogens is 208 g/mol. The molecule has 2 aromatic heterocycles. The summed E-state index contributed by atoms with van der Waals surface area (Å²) >= 11 is 0. The van der Waals surface area contributed by atoms with Crippen molar-refractivity contribution in [1.29, 1.82) is 0 Å². The van der Waals surface area contributed by atoms with Gasteiger partial charge in [0.1, 0.15) is 11.6 Å². The van der Waals surface area contributed by atoms with Crippen molar-refractivity contribution < 1.29 is 9.90 Å². The molecule has 16 heavy (non-hydrogen) atoms. The number of aliphatic carboxylic acids is 1. The maximum Gasteiger partial charge on any atom is 0.320 e. The number of aromatic nitrogens is 3. The fraction of sp³-hybridized carbons (Fsp3) is 0.200. The Labute approximate surface area is 91.2 Å². The molecule has 0 amide bonds. The van der Waals surface area contributed by atoms with E-state index >= 15 is 0 Å². The molecule has 0 spiro atoms. The molecule has 0 aromatic carbocycles. The lowest BCUT2D eigenvalue weighted by atomic mass is 10.1. The first-order valence-electron chi connectivity index (χ1n) is 4.71. The number of nitrogens with two attached hydrogens (primary N) is 1. The fourth-order valence-electron chi connectivity index (χ4n) is 1.35. The summed E-state index contributed by atoms with van der Waals surface area (Å²) in [5.74, 6) is -1.03. The van der Waals surface area contributed by atoms with E-state index in [-0.39, 0.29) is 6.42 Å². The molecular formula is C10H10N4O2. The summed E-state index contributed by atoms with van der Waals surface area (Å²) in [5.41, 5.74) is 7.34. The Kier molecular flexibility index (Phi) is 2.74. The molecule has 2 heterocycles. The van der Waals surface area contributed by atoms with E-state index in [1.54, 1.807) is 24.7 Å². The van der Waals surface area contributed by atoms with E-state index in [4.69, 9.17) is 10.8 Å². The molecule has 0 aliphatic rings. The molecule has 6 heteroatoms. The van der Waals surface area contributed by atoms with E-state index in [1.165, 1.54) is 0 Å². The first-order chi connectivity index (χ1) is 7.66. The number of fused-ring (bicyclic) bond motifs is 1. The minimum atomic E-state index is -1.03. The Morgan fingerprint density at radius 3 is 2.88 bits per heavy atom. The van der Waals surface area contributed by atoms with Crippen LogP contribution >= 0.6 is 0 Å². The Bertz CT molecular complexity index is 529. The number of carboxylic acid groups (broad SMARTS) is 1. The van der Waals surface area contributed by atoms with Crippen LogP contribution in [0.1, 0.15) is 5.56 Å². The van der Waals surface area contributed by atoms with E-state index in [9.17, 15) is 4.79 Å². The molecule has 2 aromatic rings. The van der Waals surface area contributed by atoms with E-state index in [1.807, 2.05) is 0 Å². The zero-order valence-electron chi connectivity index (χ0n) is 8.37. The molecule has 3 N–H and O–H groups in total. The molecule has 1 atom stereocenters. The van der Waals surface area contributed by atoms with Crippen LogP contribution in [0.4, 0.5) is 0 Å². The molecule has 0 saturated carbocycles. The van der Waals surface area contributed by atoms with Gasteiger partial charge in [-0.05, 0) is 18.1 Å². The predicted molar refractivity (Wildman–Crippen MR) is 56.6 cm³/mol. The highest BCUT2D eigenvalue weighted by molar-refractivity contribution is 5.74. The van der Waals surface area contributed by atoms with Crippen molar-refractivity contribution in [3.8, 4) is 0 Å². The summed E-state index contributed by atoms with van der Waals surface area (Å²) in [4.78, 5) is 22.8. The SMILES string of the molecule is N[C@@H](Cc1cnc2nccnc2c1)C(=O)O. The Morgan fingerprint density at radius 2 is 2.12 bits per heavy atom. The zero-order valence-corrected chi connectivity index (χ0v) is 8.37. The summed E-state index contributed by atoms with van der Waals surface area (Å²) in [6, 6.07) is 0.828. The Morgan fingerprint density at radius 1 is 1.38 bits per heavy atom. The van der Waals surface area contributed by atoms with Gasteiger partial charge in [-0.15, -0.1) is 0 Å². The third kappa shape index (κ3) is 2.12. The summed E-state index contributed by atoms with van der Waals surface area (Å²) in [6.07, 6.45) is 4.91. The van der Waals surface area contributed by atoms with Crippen LogP contribution in [-0.4, -0.2) is 32.1 Å². The number of carboxylic acids is 1. The van der Waals surface area contributed by atoms with Crippen molar-refractivity contribution in [3.63, 3.8) is 0 Å². The van der Waals surface area contributed by atoms with Gasteiger partial charge in [0.25, 0.3) is 0 Å². The lowest BCUT2D eigenvalue weighted by Gasteiger charge is -2.06. The topological polar surface area (TPSA) is 102 Å². The molecule has 0 aliphatic carbocycles. The normalized spacial score (nSPS) is 12.6. The molecule has 82 valence electrons. The number of hydrogen-bond donors (Lipinski definition) is 2. The van der Waals surface area contributed by atoms with Crippen LogP contribution in [0.15, 0.2) is 24.7 Å². The average molecular weight is 218 g/mol. The van der Waals surface area contributed by atoms with Gasteiger partial charge in [-0.1, -0.05) is 0 Å². The summed E-state index contributed by atoms with van der Waals surface area (Å²) in [7, 11) is 0. The van der Waals surface area contributed by atoms with Crippen LogP contribution in [0.2, 0.25) is 0 Å². The molecule has 6 nitrogen and oxygen atoms in total. The van der Waals surface area contributed by atoms with Gasteiger partial charge >= 0.3 is 5.97 Å². The van der Waals surface area contributed by atoms with E-state index in [0.717, 1.165) is 5.56 Å². The van der Waals surface area contributed by atoms with Crippen LogP contribution in [0, 0.1) is 0 Å². The minimum Gasteiger partial charge on any atom is -0.480 e. The maximum atomic E-state index is 10.6. The van der Waals surface area contributed by atoms with Gasteiger partial charge in [0, 0.05) is 18.6 Å². The van der Waals surface area contributed by atoms with Crippen molar-refractivity contribution in [2.75, 3.05) is 0 Å².